The van der Waals surface area contributed by atoms with Gasteiger partial charge in [-0.1, -0.05) is 53.2 Å². The van der Waals surface area contributed by atoms with Gasteiger partial charge in [0.15, 0.2) is 6.29 Å². The van der Waals surface area contributed by atoms with Crippen LogP contribution in [0.1, 0.15) is 106 Å². The molecule has 6 aliphatic rings. The summed E-state index contributed by atoms with van der Waals surface area (Å²) in [5.74, 6) is 0.821. The summed E-state index contributed by atoms with van der Waals surface area (Å²) in [5.41, 5.74) is 0.740. The standard InChI is InChI=1S/C36H58O8/c1-31(2)14-16-36(30(41)42-7)17-15-34(5)21(22(36)18-31)8-9-25-32(3)12-11-26(44-29-28(40)27(39)23(38)19-43-29)33(4,20-37)24(32)10-13-35(25,34)6/h8,22-29,37-40H,9-20H2,1-7H3/t22-,23-,24+,25+,26-,27-,28+,29-,32-,33-,34+,35+,36-/m0/s1. The number of aliphatic hydroxyl groups excluding tert-OH is 4. The quantitative estimate of drug-likeness (QED) is 0.202. The van der Waals surface area contributed by atoms with Crippen LogP contribution < -0.4 is 0 Å². The minimum atomic E-state index is -1.35. The lowest BCUT2D eigenvalue weighted by molar-refractivity contribution is -0.312. The van der Waals surface area contributed by atoms with Gasteiger partial charge in [0.1, 0.15) is 18.3 Å². The first kappa shape index (κ1) is 32.9. The maximum absolute atomic E-state index is 13.5. The predicted molar refractivity (Wildman–Crippen MR) is 165 cm³/mol. The first-order valence-corrected chi connectivity index (χ1v) is 17.2. The van der Waals surface area contributed by atoms with Gasteiger partial charge in [-0.2, -0.15) is 0 Å². The molecule has 0 aromatic rings. The van der Waals surface area contributed by atoms with E-state index in [0.717, 1.165) is 64.2 Å². The molecule has 13 atom stereocenters. The van der Waals surface area contributed by atoms with Crippen LogP contribution in [0.25, 0.3) is 0 Å². The minimum Gasteiger partial charge on any atom is -0.469 e. The van der Waals surface area contributed by atoms with Gasteiger partial charge in [-0.25, -0.2) is 0 Å². The monoisotopic (exact) mass is 618 g/mol. The van der Waals surface area contributed by atoms with E-state index in [0.29, 0.717) is 5.92 Å². The minimum absolute atomic E-state index is 0.0144. The molecular formula is C36H58O8. The van der Waals surface area contributed by atoms with Crippen molar-refractivity contribution in [3.63, 3.8) is 0 Å². The molecule has 6 rings (SSSR count). The molecule has 5 fully saturated rings. The second-order valence-electron chi connectivity index (χ2n) is 17.4. The lowest BCUT2D eigenvalue weighted by Gasteiger charge is -2.71. The van der Waals surface area contributed by atoms with Crippen molar-refractivity contribution in [3.8, 4) is 0 Å². The number of carbonyl (C=O) groups excluding carboxylic acids is 1. The molecule has 0 unspecified atom stereocenters. The molecule has 8 nitrogen and oxygen atoms in total. The lowest BCUT2D eigenvalue weighted by Crippen LogP contribution is -2.66. The van der Waals surface area contributed by atoms with Crippen LogP contribution in [-0.2, 0) is 19.0 Å². The van der Waals surface area contributed by atoms with Crippen LogP contribution in [0.5, 0.6) is 0 Å². The highest BCUT2D eigenvalue weighted by Crippen LogP contribution is 2.76. The Morgan fingerprint density at radius 1 is 0.932 bits per heavy atom. The van der Waals surface area contributed by atoms with Crippen LogP contribution in [0.15, 0.2) is 11.6 Å². The topological polar surface area (TPSA) is 126 Å². The van der Waals surface area contributed by atoms with Crippen LogP contribution in [0, 0.1) is 50.2 Å². The van der Waals surface area contributed by atoms with Gasteiger partial charge in [0.25, 0.3) is 0 Å². The normalized spacial score (nSPS) is 53.3. The van der Waals surface area contributed by atoms with E-state index in [1.165, 1.54) is 5.57 Å². The molecule has 0 aromatic carbocycles. The van der Waals surface area contributed by atoms with Crippen molar-refractivity contribution in [2.45, 2.75) is 136 Å². The second-order valence-corrected chi connectivity index (χ2v) is 17.4. The van der Waals surface area contributed by atoms with Gasteiger partial charge in [-0.15, -0.1) is 0 Å². The average molecular weight is 619 g/mol. The van der Waals surface area contributed by atoms with Crippen molar-refractivity contribution >= 4 is 5.97 Å². The average Bonchev–Trinajstić information content (AvgIpc) is 2.98. The van der Waals surface area contributed by atoms with E-state index in [1.54, 1.807) is 7.11 Å². The van der Waals surface area contributed by atoms with E-state index in [2.05, 4.69) is 47.6 Å². The number of hydrogen-bond acceptors (Lipinski definition) is 8. The van der Waals surface area contributed by atoms with E-state index in [4.69, 9.17) is 14.2 Å². The highest BCUT2D eigenvalue weighted by atomic mass is 16.7. The predicted octanol–water partition coefficient (Wildman–Crippen LogP) is 4.76. The van der Waals surface area contributed by atoms with Crippen molar-refractivity contribution in [1.29, 1.82) is 0 Å². The Morgan fingerprint density at radius 3 is 2.32 bits per heavy atom. The van der Waals surface area contributed by atoms with Crippen LogP contribution in [-0.4, -0.2) is 77.4 Å². The molecule has 1 heterocycles. The molecular weight excluding hydrogens is 560 g/mol. The van der Waals surface area contributed by atoms with Crippen molar-refractivity contribution < 1.29 is 39.4 Å². The third-order valence-corrected chi connectivity index (χ3v) is 15.1. The highest BCUT2D eigenvalue weighted by Gasteiger charge is 2.70. The lowest BCUT2D eigenvalue weighted by atomic mass is 9.33. The number of aliphatic hydroxyl groups is 4. The maximum atomic E-state index is 13.5. The van der Waals surface area contributed by atoms with E-state index < -0.39 is 35.4 Å². The first-order chi connectivity index (χ1) is 20.5. The summed E-state index contributed by atoms with van der Waals surface area (Å²) < 4.78 is 17.5. The summed E-state index contributed by atoms with van der Waals surface area (Å²) in [5, 5.41) is 41.8. The molecule has 0 bridgehead atoms. The Hall–Kier alpha value is -1.03. The Kier molecular flexibility index (Phi) is 8.03. The van der Waals surface area contributed by atoms with Gasteiger partial charge in [0.05, 0.1) is 31.8 Å². The van der Waals surface area contributed by atoms with Crippen LogP contribution in [0.2, 0.25) is 0 Å². The fourth-order valence-electron chi connectivity index (χ4n) is 12.1. The Bertz CT molecular complexity index is 1170. The number of hydrogen-bond donors (Lipinski definition) is 4. The summed E-state index contributed by atoms with van der Waals surface area (Å²) in [6.45, 7) is 14.2. The molecule has 1 saturated heterocycles. The zero-order valence-electron chi connectivity index (χ0n) is 28.1. The Morgan fingerprint density at radius 2 is 1.64 bits per heavy atom. The van der Waals surface area contributed by atoms with E-state index in [-0.39, 0.29) is 58.8 Å². The highest BCUT2D eigenvalue weighted by molar-refractivity contribution is 5.78. The molecule has 4 saturated carbocycles. The maximum Gasteiger partial charge on any atom is 0.312 e. The fraction of sp³-hybridized carbons (Fsp3) is 0.917. The number of esters is 1. The van der Waals surface area contributed by atoms with Crippen LogP contribution in [0.4, 0.5) is 0 Å². The van der Waals surface area contributed by atoms with Gasteiger partial charge in [0, 0.05) is 5.41 Å². The molecule has 44 heavy (non-hydrogen) atoms. The summed E-state index contributed by atoms with van der Waals surface area (Å²) in [4.78, 5) is 13.5. The van der Waals surface area contributed by atoms with E-state index in [9.17, 15) is 25.2 Å². The molecule has 8 heteroatoms. The summed E-state index contributed by atoms with van der Waals surface area (Å²) >= 11 is 0. The van der Waals surface area contributed by atoms with Gasteiger partial charge >= 0.3 is 5.97 Å². The molecule has 0 aromatic heterocycles. The van der Waals surface area contributed by atoms with Crippen molar-refractivity contribution in [2.75, 3.05) is 20.3 Å². The molecule has 5 aliphatic carbocycles. The number of allylic oxidation sites excluding steroid dienone is 2. The Labute approximate surface area is 263 Å². The first-order valence-electron chi connectivity index (χ1n) is 17.2. The zero-order valence-corrected chi connectivity index (χ0v) is 28.1. The molecule has 0 spiro atoms. The Balaban J connectivity index is 1.32. The van der Waals surface area contributed by atoms with E-state index >= 15 is 0 Å². The van der Waals surface area contributed by atoms with E-state index in [1.807, 2.05) is 0 Å². The number of carbonyl (C=O) groups is 1. The molecule has 0 radical (unpaired) electrons. The van der Waals surface area contributed by atoms with Crippen molar-refractivity contribution in [3.05, 3.63) is 11.6 Å². The fourth-order valence-corrected chi connectivity index (χ4v) is 12.1. The number of ether oxygens (including phenoxy) is 3. The third kappa shape index (κ3) is 4.40. The molecule has 250 valence electrons. The van der Waals surface area contributed by atoms with Crippen molar-refractivity contribution in [1.82, 2.24) is 0 Å². The van der Waals surface area contributed by atoms with Gasteiger partial charge < -0.3 is 34.6 Å². The van der Waals surface area contributed by atoms with Crippen LogP contribution in [0.3, 0.4) is 0 Å². The summed E-state index contributed by atoms with van der Waals surface area (Å²) in [6, 6.07) is 0. The van der Waals surface area contributed by atoms with Crippen LogP contribution >= 0.6 is 0 Å². The SMILES string of the molecule is COC(=O)[C@]12CCC(C)(C)C[C@H]1C1=CC[C@@H]3[C@@]4(C)CC[C@H](O[C@@H]5OC[C@H](O)[C@H](O)[C@H]5O)[C@@](C)(CO)[C@@H]4CC[C@@]3(C)[C@]1(C)CC2. The smallest absolute Gasteiger partial charge is 0.312 e. The zero-order chi connectivity index (χ0) is 32.1. The summed E-state index contributed by atoms with van der Waals surface area (Å²) in [7, 11) is 1.56. The van der Waals surface area contributed by atoms with Gasteiger partial charge in [-0.05, 0) is 104 Å². The summed E-state index contributed by atoms with van der Waals surface area (Å²) in [6.07, 6.45) is 6.82. The number of methoxy groups -OCH3 is 1. The van der Waals surface area contributed by atoms with Gasteiger partial charge in [0.2, 0.25) is 0 Å². The molecule has 4 N–H and O–H groups in total. The number of rotatable bonds is 4. The van der Waals surface area contributed by atoms with Crippen molar-refractivity contribution in [2.24, 2.45) is 50.2 Å². The second kappa shape index (κ2) is 10.7. The molecule has 1 aliphatic heterocycles. The van der Waals surface area contributed by atoms with Gasteiger partial charge in [-0.3, -0.25) is 4.79 Å². The third-order valence-electron chi connectivity index (χ3n) is 15.1. The number of fused-ring (bicyclic) bond motifs is 7. The molecule has 0 amide bonds. The largest absolute Gasteiger partial charge is 0.469 e.